The van der Waals surface area contributed by atoms with E-state index in [0.717, 1.165) is 17.0 Å². The number of carbonyl (C=O) groups is 1. The lowest BCUT2D eigenvalue weighted by atomic mass is 10.2. The summed E-state index contributed by atoms with van der Waals surface area (Å²) in [5.41, 5.74) is 2.14. The van der Waals surface area contributed by atoms with Crippen molar-refractivity contribution in [2.75, 3.05) is 32.7 Å². The highest BCUT2D eigenvalue weighted by Crippen LogP contribution is 2.16. The lowest BCUT2D eigenvalue weighted by Crippen LogP contribution is -2.24. The Morgan fingerprint density at radius 3 is 2.70 bits per heavy atom. The van der Waals surface area contributed by atoms with E-state index in [0.29, 0.717) is 25.4 Å². The third-order valence-electron chi connectivity index (χ3n) is 3.26. The molecule has 0 saturated carbocycles. The molecule has 1 amide bonds. The van der Waals surface area contributed by atoms with Crippen LogP contribution in [0.4, 0.5) is 5.69 Å². The number of aromatic nitrogens is 1. The average Bonchev–Trinajstić information content (AvgIpc) is 2.60. The zero-order valence-corrected chi connectivity index (χ0v) is 13.3. The monoisotopic (exact) mass is 315 g/mol. The maximum Gasteiger partial charge on any atom is 0.270 e. The molecule has 0 atom stereocenters. The summed E-state index contributed by atoms with van der Waals surface area (Å²) in [6.45, 7) is 1.69. The van der Waals surface area contributed by atoms with Crippen molar-refractivity contribution in [1.29, 1.82) is 0 Å². The largest absolute Gasteiger partial charge is 0.496 e. The van der Waals surface area contributed by atoms with Crippen LogP contribution in [0.1, 0.15) is 16.1 Å². The number of carbonyl (C=O) groups excluding carboxylic acids is 1. The van der Waals surface area contributed by atoms with Crippen LogP contribution in [0.3, 0.4) is 0 Å². The van der Waals surface area contributed by atoms with E-state index in [1.165, 1.54) is 0 Å². The molecule has 2 aromatic rings. The summed E-state index contributed by atoms with van der Waals surface area (Å²) in [6, 6.07) is 11.1. The predicted octanol–water partition coefficient (Wildman–Crippen LogP) is 2.08. The zero-order valence-electron chi connectivity index (χ0n) is 13.3. The second-order valence-electron chi connectivity index (χ2n) is 4.85. The zero-order chi connectivity index (χ0) is 16.5. The summed E-state index contributed by atoms with van der Waals surface area (Å²) in [6.07, 6.45) is 1.63. The SMILES string of the molecule is COCCNc1ccc(C(=O)NCc2ccccc2OC)nc1. The Labute approximate surface area is 135 Å². The molecule has 0 saturated heterocycles. The average molecular weight is 315 g/mol. The summed E-state index contributed by atoms with van der Waals surface area (Å²) >= 11 is 0. The normalized spacial score (nSPS) is 10.2. The molecule has 6 nitrogen and oxygen atoms in total. The number of nitrogens with zero attached hydrogens (tertiary/aromatic N) is 1. The summed E-state index contributed by atoms with van der Waals surface area (Å²) in [5.74, 6) is 0.526. The fourth-order valence-electron chi connectivity index (χ4n) is 2.05. The third-order valence-corrected chi connectivity index (χ3v) is 3.26. The number of methoxy groups -OCH3 is 2. The number of hydrogen-bond donors (Lipinski definition) is 2. The molecule has 1 aromatic heterocycles. The van der Waals surface area contributed by atoms with Crippen molar-refractivity contribution in [1.82, 2.24) is 10.3 Å². The lowest BCUT2D eigenvalue weighted by molar-refractivity contribution is 0.0945. The Morgan fingerprint density at radius 1 is 1.17 bits per heavy atom. The van der Waals surface area contributed by atoms with Gasteiger partial charge in [0.2, 0.25) is 0 Å². The van der Waals surface area contributed by atoms with Crippen molar-refractivity contribution >= 4 is 11.6 Å². The fourth-order valence-corrected chi connectivity index (χ4v) is 2.05. The van der Waals surface area contributed by atoms with Crippen molar-refractivity contribution < 1.29 is 14.3 Å². The third kappa shape index (κ3) is 4.96. The van der Waals surface area contributed by atoms with Crippen LogP contribution in [0.25, 0.3) is 0 Å². The molecule has 0 unspecified atom stereocenters. The van der Waals surface area contributed by atoms with Gasteiger partial charge in [0, 0.05) is 25.8 Å². The van der Waals surface area contributed by atoms with Crippen LogP contribution in [0.5, 0.6) is 5.75 Å². The smallest absolute Gasteiger partial charge is 0.270 e. The number of para-hydroxylation sites is 1. The first-order valence-corrected chi connectivity index (χ1v) is 7.33. The van der Waals surface area contributed by atoms with Gasteiger partial charge in [-0.3, -0.25) is 4.79 Å². The predicted molar refractivity (Wildman–Crippen MR) is 88.8 cm³/mol. The molecule has 122 valence electrons. The summed E-state index contributed by atoms with van der Waals surface area (Å²) in [5, 5.41) is 5.99. The molecule has 2 rings (SSSR count). The molecule has 23 heavy (non-hydrogen) atoms. The van der Waals surface area contributed by atoms with Crippen molar-refractivity contribution in [3.05, 3.63) is 53.9 Å². The van der Waals surface area contributed by atoms with E-state index in [-0.39, 0.29) is 5.91 Å². The van der Waals surface area contributed by atoms with E-state index in [2.05, 4.69) is 15.6 Å². The van der Waals surface area contributed by atoms with Gasteiger partial charge in [-0.1, -0.05) is 18.2 Å². The molecule has 6 heteroatoms. The number of rotatable bonds is 8. The molecule has 2 N–H and O–H groups in total. The maximum atomic E-state index is 12.1. The number of amides is 1. The summed E-state index contributed by atoms with van der Waals surface area (Å²) in [4.78, 5) is 16.3. The van der Waals surface area contributed by atoms with Crippen molar-refractivity contribution in [2.45, 2.75) is 6.54 Å². The van der Waals surface area contributed by atoms with Crippen LogP contribution in [0.2, 0.25) is 0 Å². The Morgan fingerprint density at radius 2 is 2.00 bits per heavy atom. The minimum absolute atomic E-state index is 0.223. The molecule has 0 spiro atoms. The molecule has 0 bridgehead atoms. The Balaban J connectivity index is 1.90. The van der Waals surface area contributed by atoms with Gasteiger partial charge in [0.1, 0.15) is 11.4 Å². The molecule has 0 fully saturated rings. The van der Waals surface area contributed by atoms with Crippen LogP contribution < -0.4 is 15.4 Å². The Bertz CT molecular complexity index is 629. The van der Waals surface area contributed by atoms with E-state index >= 15 is 0 Å². The fraction of sp³-hybridized carbons (Fsp3) is 0.294. The van der Waals surface area contributed by atoms with Crippen LogP contribution in [0, 0.1) is 0 Å². The molecular weight excluding hydrogens is 294 g/mol. The molecule has 1 aromatic carbocycles. The minimum atomic E-state index is -0.223. The van der Waals surface area contributed by atoms with Gasteiger partial charge in [0.05, 0.1) is 25.6 Å². The van der Waals surface area contributed by atoms with Crippen LogP contribution in [-0.4, -0.2) is 38.3 Å². The van der Waals surface area contributed by atoms with Crippen LogP contribution in [0.15, 0.2) is 42.6 Å². The number of ether oxygens (including phenoxy) is 2. The topological polar surface area (TPSA) is 72.5 Å². The second kappa shape index (κ2) is 8.75. The van der Waals surface area contributed by atoms with Gasteiger partial charge in [-0.15, -0.1) is 0 Å². The quantitative estimate of drug-likeness (QED) is 0.730. The minimum Gasteiger partial charge on any atom is -0.496 e. The second-order valence-corrected chi connectivity index (χ2v) is 4.85. The molecule has 0 aliphatic rings. The van der Waals surface area contributed by atoms with Crippen molar-refractivity contribution in [2.24, 2.45) is 0 Å². The summed E-state index contributed by atoms with van der Waals surface area (Å²) < 4.78 is 10.2. The number of benzene rings is 1. The molecular formula is C17H21N3O3. The van der Waals surface area contributed by atoms with Gasteiger partial charge in [-0.2, -0.15) is 0 Å². The highest BCUT2D eigenvalue weighted by molar-refractivity contribution is 5.92. The number of nitrogens with one attached hydrogen (secondary N) is 2. The first-order chi connectivity index (χ1) is 11.2. The highest BCUT2D eigenvalue weighted by atomic mass is 16.5. The van der Waals surface area contributed by atoms with E-state index in [1.807, 2.05) is 30.3 Å². The number of hydrogen-bond acceptors (Lipinski definition) is 5. The van der Waals surface area contributed by atoms with Crippen molar-refractivity contribution in [3.8, 4) is 5.75 Å². The van der Waals surface area contributed by atoms with E-state index in [9.17, 15) is 4.79 Å². The number of anilines is 1. The van der Waals surface area contributed by atoms with Gasteiger partial charge in [-0.25, -0.2) is 4.98 Å². The first-order valence-electron chi connectivity index (χ1n) is 7.33. The van der Waals surface area contributed by atoms with Crippen molar-refractivity contribution in [3.63, 3.8) is 0 Å². The van der Waals surface area contributed by atoms with Gasteiger partial charge in [-0.05, 0) is 18.2 Å². The van der Waals surface area contributed by atoms with Gasteiger partial charge in [0.25, 0.3) is 5.91 Å². The lowest BCUT2D eigenvalue weighted by Gasteiger charge is -2.10. The molecule has 0 radical (unpaired) electrons. The summed E-state index contributed by atoms with van der Waals surface area (Å²) in [7, 11) is 3.26. The molecule has 0 aliphatic carbocycles. The van der Waals surface area contributed by atoms with Gasteiger partial charge < -0.3 is 20.1 Å². The van der Waals surface area contributed by atoms with Crippen LogP contribution in [-0.2, 0) is 11.3 Å². The van der Waals surface area contributed by atoms with Crippen LogP contribution >= 0.6 is 0 Å². The van der Waals surface area contributed by atoms with Gasteiger partial charge >= 0.3 is 0 Å². The Hall–Kier alpha value is -2.60. The highest BCUT2D eigenvalue weighted by Gasteiger charge is 2.08. The van der Waals surface area contributed by atoms with Gasteiger partial charge in [0.15, 0.2) is 0 Å². The molecule has 1 heterocycles. The van der Waals surface area contributed by atoms with E-state index in [1.54, 1.807) is 26.5 Å². The maximum absolute atomic E-state index is 12.1. The first kappa shape index (κ1) is 16.8. The van der Waals surface area contributed by atoms with E-state index in [4.69, 9.17) is 9.47 Å². The van der Waals surface area contributed by atoms with E-state index < -0.39 is 0 Å². The molecule has 0 aliphatic heterocycles. The Kier molecular flexibility index (Phi) is 6.38. The standard InChI is InChI=1S/C17H21N3O3/c1-22-10-9-18-14-7-8-15(19-12-14)17(21)20-11-13-5-3-4-6-16(13)23-2/h3-8,12,18H,9-11H2,1-2H3,(H,20,21). The number of pyridine rings is 1.